The number of thiazole rings is 1. The van der Waals surface area contributed by atoms with E-state index in [2.05, 4.69) is 4.98 Å². The first kappa shape index (κ1) is 12.0. The molecule has 7 heteroatoms. The molecule has 1 saturated heterocycles. The Bertz CT molecular complexity index is 426. The predicted octanol–water partition coefficient (Wildman–Crippen LogP) is 0.459. The highest BCUT2D eigenvalue weighted by Crippen LogP contribution is 2.26. The quantitative estimate of drug-likeness (QED) is 0.846. The van der Waals surface area contributed by atoms with Crippen LogP contribution in [0.3, 0.4) is 0 Å². The minimum atomic E-state index is -1.00. The lowest BCUT2D eigenvalue weighted by molar-refractivity contribution is -0.159. The number of likely N-dealkylation sites (tertiary alicyclic amines) is 1. The van der Waals surface area contributed by atoms with Gasteiger partial charge in [-0.2, -0.15) is 0 Å². The molecule has 0 saturated carbocycles. The largest absolute Gasteiger partial charge is 0.480 e. The molecule has 1 N–H and O–H groups in total. The maximum atomic E-state index is 11.8. The Balaban J connectivity index is 1.86. The number of nitrogens with zero attached hydrogens (tertiary/aromatic N) is 2. The van der Waals surface area contributed by atoms with Crippen molar-refractivity contribution in [2.24, 2.45) is 0 Å². The number of carbonyl (C=O) groups is 2. The molecule has 0 unspecified atom stereocenters. The van der Waals surface area contributed by atoms with Gasteiger partial charge in [0, 0.05) is 0 Å². The second-order valence-electron chi connectivity index (χ2n) is 4.16. The van der Waals surface area contributed by atoms with Crippen LogP contribution in [0.5, 0.6) is 0 Å². The lowest BCUT2D eigenvalue weighted by Crippen LogP contribution is -2.63. The number of rotatable bonds is 4. The number of amides is 1. The molecule has 1 aromatic rings. The maximum absolute atomic E-state index is 11.8. The summed E-state index contributed by atoms with van der Waals surface area (Å²) in [4.78, 5) is 28.3. The fourth-order valence-electron chi connectivity index (χ4n) is 1.71. The molecule has 1 fully saturated rings. The van der Waals surface area contributed by atoms with Crippen molar-refractivity contribution in [3.8, 4) is 0 Å². The second kappa shape index (κ2) is 4.42. The van der Waals surface area contributed by atoms with Gasteiger partial charge in [-0.1, -0.05) is 0 Å². The summed E-state index contributed by atoms with van der Waals surface area (Å²) in [6.07, 6.45) is 1.53. The van der Waals surface area contributed by atoms with Crippen molar-refractivity contribution in [1.82, 2.24) is 9.88 Å². The Morgan fingerprint density at radius 2 is 2.35 bits per heavy atom. The van der Waals surface area contributed by atoms with Crippen LogP contribution in [-0.2, 0) is 9.53 Å². The second-order valence-corrected chi connectivity index (χ2v) is 5.05. The molecule has 0 atom stereocenters. The van der Waals surface area contributed by atoms with Crippen LogP contribution < -0.4 is 0 Å². The monoisotopic (exact) mass is 256 g/mol. The Morgan fingerprint density at radius 3 is 2.88 bits per heavy atom. The normalized spacial score (nSPS) is 17.6. The molecule has 1 aliphatic heterocycles. The summed E-state index contributed by atoms with van der Waals surface area (Å²) in [5.74, 6) is -1.08. The third-order valence-electron chi connectivity index (χ3n) is 2.53. The summed E-state index contributed by atoms with van der Waals surface area (Å²) in [5, 5.41) is 8.51. The van der Waals surface area contributed by atoms with Crippen LogP contribution in [0.1, 0.15) is 16.6 Å². The van der Waals surface area contributed by atoms with Gasteiger partial charge in [0.15, 0.2) is 0 Å². The Kier molecular flexibility index (Phi) is 3.12. The van der Waals surface area contributed by atoms with E-state index in [0.717, 1.165) is 0 Å². The van der Waals surface area contributed by atoms with Crippen LogP contribution in [0.25, 0.3) is 0 Å². The van der Waals surface area contributed by atoms with Gasteiger partial charge in [-0.15, -0.1) is 11.3 Å². The number of hydrogen-bond donors (Lipinski definition) is 1. The van der Waals surface area contributed by atoms with Crippen LogP contribution in [0, 0.1) is 0 Å². The zero-order chi connectivity index (χ0) is 12.5. The van der Waals surface area contributed by atoms with Gasteiger partial charge in [0.05, 0.1) is 24.8 Å². The lowest BCUT2D eigenvalue weighted by atomic mass is 9.96. The highest BCUT2D eigenvalue weighted by Gasteiger charge is 2.43. The molecular weight excluding hydrogens is 244 g/mol. The van der Waals surface area contributed by atoms with Crippen LogP contribution in [-0.4, -0.2) is 52.2 Å². The topological polar surface area (TPSA) is 79.7 Å². The molecular formula is C10H12N2O4S. The average Bonchev–Trinajstić information content (AvgIpc) is 2.74. The molecule has 0 spiro atoms. The minimum Gasteiger partial charge on any atom is -0.480 e. The first-order valence-electron chi connectivity index (χ1n) is 5.04. The molecule has 1 aromatic heterocycles. The Morgan fingerprint density at radius 1 is 1.65 bits per heavy atom. The highest BCUT2D eigenvalue weighted by atomic mass is 32.1. The number of carbonyl (C=O) groups excluding carboxylic acids is 1. The van der Waals surface area contributed by atoms with Crippen molar-refractivity contribution in [2.45, 2.75) is 12.5 Å². The van der Waals surface area contributed by atoms with Gasteiger partial charge in [-0.25, -0.2) is 4.79 Å². The van der Waals surface area contributed by atoms with Gasteiger partial charge in [0.2, 0.25) is 0 Å². The number of ether oxygens (including phenoxy) is 1. The van der Waals surface area contributed by atoms with Crippen LogP contribution in [0.2, 0.25) is 0 Å². The van der Waals surface area contributed by atoms with E-state index >= 15 is 0 Å². The molecule has 6 nitrogen and oxygen atoms in total. The summed E-state index contributed by atoms with van der Waals surface area (Å²) in [6.45, 7) is 2.29. The molecule has 0 bridgehead atoms. The summed E-state index contributed by atoms with van der Waals surface area (Å²) in [5.41, 5.74) is 1.06. The van der Waals surface area contributed by atoms with Gasteiger partial charge < -0.3 is 14.7 Å². The van der Waals surface area contributed by atoms with Gasteiger partial charge in [0.1, 0.15) is 17.1 Å². The molecule has 1 aliphatic rings. The number of carboxylic acid groups (broad SMARTS) is 1. The van der Waals surface area contributed by atoms with E-state index in [-0.39, 0.29) is 12.5 Å². The zero-order valence-electron chi connectivity index (χ0n) is 9.25. The molecule has 0 aliphatic carbocycles. The zero-order valence-corrected chi connectivity index (χ0v) is 10.1. The maximum Gasteiger partial charge on any atom is 0.329 e. The van der Waals surface area contributed by atoms with Crippen LogP contribution in [0.4, 0.5) is 0 Å². The molecule has 92 valence electrons. The minimum absolute atomic E-state index is 0.0797. The summed E-state index contributed by atoms with van der Waals surface area (Å²) >= 11 is 1.29. The Labute approximate surface area is 102 Å². The van der Waals surface area contributed by atoms with Crippen molar-refractivity contribution < 1.29 is 19.4 Å². The fourth-order valence-corrected chi connectivity index (χ4v) is 2.30. The number of aliphatic carboxylic acids is 1. The molecule has 0 radical (unpaired) electrons. The third-order valence-corrected chi connectivity index (χ3v) is 3.29. The number of carboxylic acids is 1. The van der Waals surface area contributed by atoms with E-state index in [9.17, 15) is 9.59 Å². The number of hydrogen-bond acceptors (Lipinski definition) is 5. The third kappa shape index (κ3) is 2.62. The van der Waals surface area contributed by atoms with Crippen LogP contribution >= 0.6 is 11.3 Å². The first-order valence-corrected chi connectivity index (χ1v) is 5.92. The molecule has 17 heavy (non-hydrogen) atoms. The SMILES string of the molecule is CC1(OCC(=O)O)CN(C(=O)c2cncs2)C1. The van der Waals surface area contributed by atoms with E-state index in [4.69, 9.17) is 9.84 Å². The van der Waals surface area contributed by atoms with Crippen molar-refractivity contribution in [2.75, 3.05) is 19.7 Å². The number of aromatic nitrogens is 1. The van der Waals surface area contributed by atoms with Gasteiger partial charge >= 0.3 is 5.97 Å². The van der Waals surface area contributed by atoms with E-state index in [1.54, 1.807) is 17.3 Å². The molecule has 2 rings (SSSR count). The standard InChI is InChI=1S/C10H12N2O4S/c1-10(16-3-8(13)14)4-12(5-10)9(15)7-2-11-6-17-7/h2,6H,3-5H2,1H3,(H,13,14). The smallest absolute Gasteiger partial charge is 0.329 e. The van der Waals surface area contributed by atoms with E-state index in [0.29, 0.717) is 18.0 Å². The molecule has 2 heterocycles. The van der Waals surface area contributed by atoms with E-state index < -0.39 is 11.6 Å². The summed E-state index contributed by atoms with van der Waals surface area (Å²) in [6, 6.07) is 0. The summed E-state index contributed by atoms with van der Waals surface area (Å²) < 4.78 is 5.22. The van der Waals surface area contributed by atoms with E-state index in [1.165, 1.54) is 17.5 Å². The van der Waals surface area contributed by atoms with Crippen LogP contribution in [0.15, 0.2) is 11.7 Å². The average molecular weight is 256 g/mol. The molecule has 0 aromatic carbocycles. The predicted molar refractivity (Wildman–Crippen MR) is 60.0 cm³/mol. The summed E-state index contributed by atoms with van der Waals surface area (Å²) in [7, 11) is 0. The van der Waals surface area contributed by atoms with Crippen molar-refractivity contribution in [1.29, 1.82) is 0 Å². The fraction of sp³-hybridized carbons (Fsp3) is 0.500. The van der Waals surface area contributed by atoms with Crippen molar-refractivity contribution >= 4 is 23.2 Å². The van der Waals surface area contributed by atoms with E-state index in [1.807, 2.05) is 0 Å². The lowest BCUT2D eigenvalue weighted by Gasteiger charge is -2.46. The van der Waals surface area contributed by atoms with Gasteiger partial charge in [-0.05, 0) is 6.92 Å². The van der Waals surface area contributed by atoms with Gasteiger partial charge in [-0.3, -0.25) is 9.78 Å². The van der Waals surface area contributed by atoms with Crippen molar-refractivity contribution in [3.05, 3.63) is 16.6 Å². The molecule has 1 amide bonds. The van der Waals surface area contributed by atoms with Gasteiger partial charge in [0.25, 0.3) is 5.91 Å². The first-order chi connectivity index (χ1) is 8.00. The van der Waals surface area contributed by atoms with Crippen molar-refractivity contribution in [3.63, 3.8) is 0 Å². The Hall–Kier alpha value is -1.47. The highest BCUT2D eigenvalue weighted by molar-refractivity contribution is 7.11.